The molecular formula is C26H17Cl2N3O4S. The zero-order valence-corrected chi connectivity index (χ0v) is 21.0. The molecule has 0 fully saturated rings. The Hall–Kier alpha value is -3.85. The fourth-order valence-electron chi connectivity index (χ4n) is 3.45. The summed E-state index contributed by atoms with van der Waals surface area (Å²) in [6, 6.07) is 21.0. The number of aromatic nitrogens is 1. The van der Waals surface area contributed by atoms with Crippen LogP contribution in [0, 0.1) is 0 Å². The van der Waals surface area contributed by atoms with Crippen LogP contribution in [0.4, 0.5) is 5.69 Å². The minimum absolute atomic E-state index is 0.100. The van der Waals surface area contributed by atoms with Crippen molar-refractivity contribution in [3.63, 3.8) is 0 Å². The van der Waals surface area contributed by atoms with E-state index in [1.165, 1.54) is 0 Å². The van der Waals surface area contributed by atoms with E-state index in [4.69, 9.17) is 49.0 Å². The fraction of sp³-hybridized carbons (Fsp3) is 0.0385. The van der Waals surface area contributed by atoms with Crippen LogP contribution >= 0.6 is 35.4 Å². The highest BCUT2D eigenvalue weighted by atomic mass is 35.5. The number of benzene rings is 3. The summed E-state index contributed by atoms with van der Waals surface area (Å²) in [7, 11) is 1.60. The van der Waals surface area contributed by atoms with Crippen molar-refractivity contribution < 1.29 is 18.4 Å². The third-order valence-electron chi connectivity index (χ3n) is 5.25. The van der Waals surface area contributed by atoms with Crippen molar-refractivity contribution in [3.05, 3.63) is 88.6 Å². The van der Waals surface area contributed by atoms with Gasteiger partial charge in [-0.1, -0.05) is 23.2 Å². The molecule has 5 aromatic rings. The van der Waals surface area contributed by atoms with Gasteiger partial charge in [0.1, 0.15) is 17.0 Å². The smallest absolute Gasteiger partial charge is 0.293 e. The first kappa shape index (κ1) is 23.9. The maximum Gasteiger partial charge on any atom is 0.293 e. The molecule has 5 rings (SSSR count). The van der Waals surface area contributed by atoms with E-state index in [-0.39, 0.29) is 10.9 Å². The number of oxazole rings is 1. The molecule has 10 heteroatoms. The highest BCUT2D eigenvalue weighted by Gasteiger charge is 2.15. The number of hydrogen-bond donors (Lipinski definition) is 2. The van der Waals surface area contributed by atoms with E-state index in [1.54, 1.807) is 49.6 Å². The average Bonchev–Trinajstić information content (AvgIpc) is 3.53. The van der Waals surface area contributed by atoms with Gasteiger partial charge in [0.2, 0.25) is 5.89 Å². The lowest BCUT2D eigenvalue weighted by molar-refractivity contribution is 0.0951. The maximum atomic E-state index is 12.6. The predicted octanol–water partition coefficient (Wildman–Crippen LogP) is 7.20. The first-order valence-corrected chi connectivity index (χ1v) is 11.8. The van der Waals surface area contributed by atoms with Gasteiger partial charge in [-0.25, -0.2) is 4.98 Å². The van der Waals surface area contributed by atoms with Crippen molar-refractivity contribution in [2.45, 2.75) is 0 Å². The zero-order valence-electron chi connectivity index (χ0n) is 18.7. The molecule has 0 unspecified atom stereocenters. The van der Waals surface area contributed by atoms with Gasteiger partial charge in [-0.2, -0.15) is 0 Å². The Labute approximate surface area is 221 Å². The molecule has 0 aliphatic carbocycles. The lowest BCUT2D eigenvalue weighted by Crippen LogP contribution is -2.33. The summed E-state index contributed by atoms with van der Waals surface area (Å²) in [6.45, 7) is 0. The molecular weight excluding hydrogens is 521 g/mol. The van der Waals surface area contributed by atoms with Gasteiger partial charge in [0, 0.05) is 22.9 Å². The Kier molecular flexibility index (Phi) is 6.65. The number of carbonyl (C=O) groups excluding carboxylic acids is 1. The van der Waals surface area contributed by atoms with Gasteiger partial charge in [0.25, 0.3) is 5.91 Å². The molecule has 0 saturated carbocycles. The molecule has 0 radical (unpaired) electrons. The van der Waals surface area contributed by atoms with Crippen molar-refractivity contribution >= 4 is 63.2 Å². The molecule has 0 aliphatic rings. The summed E-state index contributed by atoms with van der Waals surface area (Å²) in [6.07, 6.45) is 0. The van der Waals surface area contributed by atoms with E-state index in [9.17, 15) is 4.79 Å². The second-order valence-electron chi connectivity index (χ2n) is 7.63. The molecule has 3 aromatic carbocycles. The minimum Gasteiger partial charge on any atom is -0.497 e. The summed E-state index contributed by atoms with van der Waals surface area (Å²) >= 11 is 17.3. The van der Waals surface area contributed by atoms with Crippen LogP contribution in [-0.4, -0.2) is 23.1 Å². The van der Waals surface area contributed by atoms with Gasteiger partial charge in [-0.05, 0) is 78.9 Å². The molecule has 2 aromatic heterocycles. The minimum atomic E-state index is -0.489. The van der Waals surface area contributed by atoms with E-state index in [2.05, 4.69) is 15.6 Å². The normalized spacial score (nSPS) is 10.9. The third-order valence-corrected chi connectivity index (χ3v) is 6.19. The highest BCUT2D eigenvalue weighted by Crippen LogP contribution is 2.30. The molecule has 1 amide bonds. The van der Waals surface area contributed by atoms with Gasteiger partial charge in [-0.15, -0.1) is 0 Å². The quantitative estimate of drug-likeness (QED) is 0.229. The molecule has 180 valence electrons. The van der Waals surface area contributed by atoms with Crippen molar-refractivity contribution in [2.24, 2.45) is 0 Å². The molecule has 0 aliphatic heterocycles. The number of halogens is 2. The molecule has 0 saturated heterocycles. The first-order chi connectivity index (χ1) is 17.4. The van der Waals surface area contributed by atoms with Crippen LogP contribution < -0.4 is 15.4 Å². The second kappa shape index (κ2) is 10.0. The van der Waals surface area contributed by atoms with Gasteiger partial charge in [0.05, 0.1) is 17.2 Å². The van der Waals surface area contributed by atoms with Crippen molar-refractivity contribution in [2.75, 3.05) is 12.4 Å². The molecule has 0 atom stereocenters. The van der Waals surface area contributed by atoms with Crippen LogP contribution in [-0.2, 0) is 0 Å². The number of furan rings is 1. The number of nitrogens with one attached hydrogen (secondary N) is 2. The number of nitrogens with zero attached hydrogens (tertiary/aromatic N) is 1. The Balaban J connectivity index is 1.22. The molecule has 7 nitrogen and oxygen atoms in total. The number of fused-ring (bicyclic) bond motifs is 1. The largest absolute Gasteiger partial charge is 0.497 e. The van der Waals surface area contributed by atoms with Crippen LogP contribution in [0.5, 0.6) is 5.75 Å². The van der Waals surface area contributed by atoms with Crippen molar-refractivity contribution in [3.8, 4) is 28.5 Å². The number of amides is 1. The number of ether oxygens (including phenoxy) is 1. The summed E-state index contributed by atoms with van der Waals surface area (Å²) < 4.78 is 16.7. The van der Waals surface area contributed by atoms with Gasteiger partial charge in [0.15, 0.2) is 16.5 Å². The standard InChI is InChI=1S/C26H17Cl2N3O4S/c1-33-17-7-9-22-20(13-17)30-25(35-22)14-2-5-16(6-3-14)29-26(36)31-24(32)23-11-10-21(34-23)15-4-8-18(27)19(28)12-15/h2-13H,1H3,(H2,29,31,32,36). The number of rotatable bonds is 5. The number of anilines is 1. The zero-order chi connectivity index (χ0) is 25.2. The Bertz CT molecular complexity index is 1590. The van der Waals surface area contributed by atoms with Crippen LogP contribution in [0.25, 0.3) is 33.9 Å². The van der Waals surface area contributed by atoms with E-state index >= 15 is 0 Å². The van der Waals surface area contributed by atoms with Crippen LogP contribution in [0.15, 0.2) is 81.6 Å². The summed E-state index contributed by atoms with van der Waals surface area (Å²) in [4.78, 5) is 17.1. The Morgan fingerprint density at radius 3 is 2.44 bits per heavy atom. The summed E-state index contributed by atoms with van der Waals surface area (Å²) in [5.41, 5.74) is 3.53. The van der Waals surface area contributed by atoms with Crippen molar-refractivity contribution in [1.29, 1.82) is 0 Å². The van der Waals surface area contributed by atoms with E-state index in [0.717, 1.165) is 5.56 Å². The van der Waals surface area contributed by atoms with Crippen LogP contribution in [0.2, 0.25) is 10.0 Å². The summed E-state index contributed by atoms with van der Waals surface area (Å²) in [5, 5.41) is 6.52. The van der Waals surface area contributed by atoms with Crippen LogP contribution in [0.1, 0.15) is 10.6 Å². The van der Waals surface area contributed by atoms with E-state index in [0.29, 0.717) is 49.8 Å². The molecule has 2 heterocycles. The van der Waals surface area contributed by atoms with Gasteiger partial charge < -0.3 is 18.9 Å². The molecule has 0 spiro atoms. The molecule has 0 bridgehead atoms. The number of carbonyl (C=O) groups is 1. The van der Waals surface area contributed by atoms with Crippen molar-refractivity contribution in [1.82, 2.24) is 10.3 Å². The number of thiocarbonyl (C=S) groups is 1. The van der Waals surface area contributed by atoms with Crippen LogP contribution in [0.3, 0.4) is 0 Å². The number of methoxy groups -OCH3 is 1. The highest BCUT2D eigenvalue weighted by molar-refractivity contribution is 7.80. The molecule has 2 N–H and O–H groups in total. The maximum absolute atomic E-state index is 12.6. The summed E-state index contributed by atoms with van der Waals surface area (Å²) in [5.74, 6) is 1.28. The van der Waals surface area contributed by atoms with Gasteiger partial charge in [-0.3, -0.25) is 10.1 Å². The third kappa shape index (κ3) is 5.06. The fourth-order valence-corrected chi connectivity index (χ4v) is 3.95. The molecule has 36 heavy (non-hydrogen) atoms. The Morgan fingerprint density at radius 1 is 0.917 bits per heavy atom. The first-order valence-electron chi connectivity index (χ1n) is 10.6. The second-order valence-corrected chi connectivity index (χ2v) is 8.85. The SMILES string of the molecule is COc1ccc2oc(-c3ccc(NC(=S)NC(=O)c4ccc(-c5ccc(Cl)c(Cl)c5)o4)cc3)nc2c1. The van der Waals surface area contributed by atoms with E-state index in [1.807, 2.05) is 30.3 Å². The Morgan fingerprint density at radius 2 is 1.69 bits per heavy atom. The predicted molar refractivity (Wildman–Crippen MR) is 144 cm³/mol. The monoisotopic (exact) mass is 537 g/mol. The average molecular weight is 538 g/mol. The topological polar surface area (TPSA) is 89.5 Å². The van der Waals surface area contributed by atoms with Gasteiger partial charge >= 0.3 is 0 Å². The lowest BCUT2D eigenvalue weighted by Gasteiger charge is -2.09. The number of hydrogen-bond acceptors (Lipinski definition) is 6. The lowest BCUT2D eigenvalue weighted by atomic mass is 10.2. The van der Waals surface area contributed by atoms with E-state index < -0.39 is 5.91 Å².